The van der Waals surface area contributed by atoms with E-state index < -0.39 is 0 Å². The third-order valence-corrected chi connectivity index (χ3v) is 4.42. The van der Waals surface area contributed by atoms with Gasteiger partial charge in [-0.3, -0.25) is 0 Å². The van der Waals surface area contributed by atoms with Crippen LogP contribution in [-0.2, 0) is 6.42 Å². The molecule has 1 saturated heterocycles. The van der Waals surface area contributed by atoms with Crippen LogP contribution in [0.5, 0.6) is 0 Å². The number of hydrogen-bond donors (Lipinski definition) is 0. The Morgan fingerprint density at radius 2 is 1.94 bits per heavy atom. The average molecular weight is 231 g/mol. The molecular formula is C14H21N3. The zero-order valence-corrected chi connectivity index (χ0v) is 10.6. The largest absolute Gasteiger partial charge is 0.341 e. The number of rotatable bonds is 2. The number of anilines is 1. The third-order valence-electron chi connectivity index (χ3n) is 4.42. The summed E-state index contributed by atoms with van der Waals surface area (Å²) in [4.78, 5) is 11.4. The Morgan fingerprint density at radius 3 is 2.71 bits per heavy atom. The van der Waals surface area contributed by atoms with Crippen molar-refractivity contribution in [2.75, 3.05) is 18.0 Å². The molecule has 2 aliphatic rings. The Morgan fingerprint density at radius 1 is 1.18 bits per heavy atom. The summed E-state index contributed by atoms with van der Waals surface area (Å²) in [5.74, 6) is 2.83. The van der Waals surface area contributed by atoms with Gasteiger partial charge in [0.25, 0.3) is 0 Å². The Kier molecular flexibility index (Phi) is 3.00. The predicted octanol–water partition coefficient (Wildman–Crippen LogP) is 2.67. The number of hydrogen-bond acceptors (Lipinski definition) is 3. The highest BCUT2D eigenvalue weighted by Crippen LogP contribution is 2.38. The first-order valence-electron chi connectivity index (χ1n) is 6.92. The van der Waals surface area contributed by atoms with Crippen LogP contribution >= 0.6 is 0 Å². The van der Waals surface area contributed by atoms with Crippen LogP contribution in [-0.4, -0.2) is 23.1 Å². The quantitative estimate of drug-likeness (QED) is 0.783. The lowest BCUT2D eigenvalue weighted by Gasteiger charge is -2.35. The first-order chi connectivity index (χ1) is 8.36. The van der Waals surface area contributed by atoms with Crippen LogP contribution in [0.1, 0.15) is 38.2 Å². The van der Waals surface area contributed by atoms with E-state index in [1.54, 1.807) is 0 Å². The maximum Gasteiger partial charge on any atom is 0.225 e. The minimum Gasteiger partial charge on any atom is -0.341 e. The summed E-state index contributed by atoms with van der Waals surface area (Å²) >= 11 is 0. The molecule has 3 rings (SSSR count). The lowest BCUT2D eigenvalue weighted by atomic mass is 9.89. The van der Waals surface area contributed by atoms with E-state index in [1.165, 1.54) is 37.8 Å². The average Bonchev–Trinajstić information content (AvgIpc) is 2.86. The zero-order chi connectivity index (χ0) is 11.7. The normalized spacial score (nSPS) is 28.2. The number of aryl methyl sites for hydroxylation is 1. The molecule has 1 saturated carbocycles. The van der Waals surface area contributed by atoms with Gasteiger partial charge in [-0.25, -0.2) is 9.97 Å². The van der Waals surface area contributed by atoms with Crippen molar-refractivity contribution in [2.24, 2.45) is 11.8 Å². The van der Waals surface area contributed by atoms with Crippen LogP contribution in [0, 0.1) is 11.8 Å². The molecule has 1 aliphatic carbocycles. The maximum atomic E-state index is 4.50. The third kappa shape index (κ3) is 2.15. The molecule has 0 spiro atoms. The molecule has 0 N–H and O–H groups in total. The minimum absolute atomic E-state index is 0.901. The molecule has 1 aromatic rings. The molecule has 3 nitrogen and oxygen atoms in total. The standard InChI is InChI=1S/C14H21N3/c1-2-11-8-15-14(16-9-11)17-7-6-12-4-3-5-13(12)10-17/h8-9,12-13H,2-7,10H2,1H3/t12?,13-/m0/s1. The predicted molar refractivity (Wildman–Crippen MR) is 69.1 cm³/mol. The van der Waals surface area contributed by atoms with E-state index in [0.717, 1.165) is 30.7 Å². The zero-order valence-electron chi connectivity index (χ0n) is 10.6. The number of nitrogens with zero attached hydrogens (tertiary/aromatic N) is 3. The van der Waals surface area contributed by atoms with Crippen molar-refractivity contribution in [2.45, 2.75) is 39.0 Å². The van der Waals surface area contributed by atoms with Gasteiger partial charge in [-0.15, -0.1) is 0 Å². The van der Waals surface area contributed by atoms with Crippen molar-refractivity contribution in [1.82, 2.24) is 9.97 Å². The van der Waals surface area contributed by atoms with E-state index in [4.69, 9.17) is 0 Å². The molecule has 0 aromatic carbocycles. The molecule has 1 aromatic heterocycles. The molecular weight excluding hydrogens is 210 g/mol. The van der Waals surface area contributed by atoms with Gasteiger partial charge in [-0.2, -0.15) is 0 Å². The van der Waals surface area contributed by atoms with E-state index in [9.17, 15) is 0 Å². The molecule has 3 heteroatoms. The smallest absolute Gasteiger partial charge is 0.225 e. The topological polar surface area (TPSA) is 29.0 Å². The molecule has 0 amide bonds. The molecule has 0 bridgehead atoms. The van der Waals surface area contributed by atoms with Gasteiger partial charge < -0.3 is 4.90 Å². The lowest BCUT2D eigenvalue weighted by Crippen LogP contribution is -2.39. The summed E-state index contributed by atoms with van der Waals surface area (Å²) < 4.78 is 0. The van der Waals surface area contributed by atoms with Crippen molar-refractivity contribution in [3.63, 3.8) is 0 Å². The van der Waals surface area contributed by atoms with Crippen LogP contribution in [0.25, 0.3) is 0 Å². The van der Waals surface area contributed by atoms with Crippen molar-refractivity contribution < 1.29 is 0 Å². The fraction of sp³-hybridized carbons (Fsp3) is 0.714. The second-order valence-corrected chi connectivity index (χ2v) is 5.43. The highest BCUT2D eigenvalue weighted by Gasteiger charge is 2.33. The fourth-order valence-corrected chi connectivity index (χ4v) is 3.31. The summed E-state index contributed by atoms with van der Waals surface area (Å²) in [6.45, 7) is 4.46. The second-order valence-electron chi connectivity index (χ2n) is 5.43. The van der Waals surface area contributed by atoms with Gasteiger partial charge in [-0.05, 0) is 36.7 Å². The number of fused-ring (bicyclic) bond motifs is 1. The summed E-state index contributed by atoms with van der Waals surface area (Å²) in [5.41, 5.74) is 1.23. The molecule has 2 fully saturated rings. The van der Waals surface area contributed by atoms with Gasteiger partial charge in [0.1, 0.15) is 0 Å². The highest BCUT2D eigenvalue weighted by atomic mass is 15.3. The van der Waals surface area contributed by atoms with E-state index in [1.807, 2.05) is 12.4 Å². The van der Waals surface area contributed by atoms with Crippen molar-refractivity contribution in [3.8, 4) is 0 Å². The number of piperidine rings is 1. The van der Waals surface area contributed by atoms with Gasteiger partial charge in [0.05, 0.1) is 0 Å². The molecule has 2 heterocycles. The molecule has 17 heavy (non-hydrogen) atoms. The Balaban J connectivity index is 1.71. The van der Waals surface area contributed by atoms with E-state index in [0.29, 0.717) is 0 Å². The van der Waals surface area contributed by atoms with Crippen LogP contribution in [0.3, 0.4) is 0 Å². The van der Waals surface area contributed by atoms with Crippen LogP contribution in [0.4, 0.5) is 5.95 Å². The Hall–Kier alpha value is -1.12. The minimum atomic E-state index is 0.901. The molecule has 2 atom stereocenters. The maximum absolute atomic E-state index is 4.50. The van der Waals surface area contributed by atoms with Gasteiger partial charge >= 0.3 is 0 Å². The monoisotopic (exact) mass is 231 g/mol. The summed E-state index contributed by atoms with van der Waals surface area (Å²) in [5, 5.41) is 0. The lowest BCUT2D eigenvalue weighted by molar-refractivity contribution is 0.321. The van der Waals surface area contributed by atoms with Crippen molar-refractivity contribution in [1.29, 1.82) is 0 Å². The first-order valence-corrected chi connectivity index (χ1v) is 6.92. The SMILES string of the molecule is CCc1cnc(N2CCC3CCC[C@H]3C2)nc1. The van der Waals surface area contributed by atoms with Gasteiger partial charge in [0.2, 0.25) is 5.95 Å². The Labute approximate surface area is 103 Å². The van der Waals surface area contributed by atoms with Crippen LogP contribution < -0.4 is 4.90 Å². The van der Waals surface area contributed by atoms with Crippen LogP contribution in [0.15, 0.2) is 12.4 Å². The second kappa shape index (κ2) is 4.63. The molecule has 1 unspecified atom stereocenters. The van der Waals surface area contributed by atoms with Gasteiger partial charge in [0.15, 0.2) is 0 Å². The van der Waals surface area contributed by atoms with E-state index in [2.05, 4.69) is 21.8 Å². The van der Waals surface area contributed by atoms with E-state index >= 15 is 0 Å². The molecule has 0 radical (unpaired) electrons. The van der Waals surface area contributed by atoms with Crippen LogP contribution in [0.2, 0.25) is 0 Å². The Bertz CT molecular complexity index is 374. The summed E-state index contributed by atoms with van der Waals surface area (Å²) in [6.07, 6.45) is 10.6. The highest BCUT2D eigenvalue weighted by molar-refractivity contribution is 5.31. The fourth-order valence-electron chi connectivity index (χ4n) is 3.31. The van der Waals surface area contributed by atoms with Gasteiger partial charge in [0, 0.05) is 25.5 Å². The van der Waals surface area contributed by atoms with Crippen molar-refractivity contribution >= 4 is 5.95 Å². The molecule has 1 aliphatic heterocycles. The van der Waals surface area contributed by atoms with Gasteiger partial charge in [-0.1, -0.05) is 19.8 Å². The first kappa shape index (κ1) is 11.0. The van der Waals surface area contributed by atoms with Crippen molar-refractivity contribution in [3.05, 3.63) is 18.0 Å². The summed E-state index contributed by atoms with van der Waals surface area (Å²) in [7, 11) is 0. The summed E-state index contributed by atoms with van der Waals surface area (Å²) in [6, 6.07) is 0. The molecule has 92 valence electrons. The number of aromatic nitrogens is 2. The van der Waals surface area contributed by atoms with E-state index in [-0.39, 0.29) is 0 Å².